The fourth-order valence-corrected chi connectivity index (χ4v) is 1.78. The summed E-state index contributed by atoms with van der Waals surface area (Å²) in [7, 11) is 1.61. The summed E-state index contributed by atoms with van der Waals surface area (Å²) in [4.78, 5) is 8.20. The van der Waals surface area contributed by atoms with Crippen LogP contribution in [0.5, 0.6) is 5.88 Å². The molecule has 1 heterocycles. The van der Waals surface area contributed by atoms with E-state index in [2.05, 4.69) is 23.8 Å². The maximum atomic E-state index is 6.18. The van der Waals surface area contributed by atoms with Gasteiger partial charge in [-0.2, -0.15) is 0 Å². The van der Waals surface area contributed by atoms with Crippen molar-refractivity contribution < 1.29 is 4.74 Å². The Morgan fingerprint density at radius 1 is 1.41 bits per heavy atom. The number of aromatic nitrogens is 2. The maximum Gasteiger partial charge on any atom is 0.216 e. The summed E-state index contributed by atoms with van der Waals surface area (Å²) < 4.78 is 5.07. The van der Waals surface area contributed by atoms with Gasteiger partial charge in [0.2, 0.25) is 5.88 Å². The van der Waals surface area contributed by atoms with E-state index in [-0.39, 0.29) is 6.04 Å². The number of methoxy groups -OCH3 is 1. The van der Waals surface area contributed by atoms with Gasteiger partial charge in [-0.25, -0.2) is 9.97 Å². The van der Waals surface area contributed by atoms with Gasteiger partial charge in [0, 0.05) is 24.2 Å². The van der Waals surface area contributed by atoms with Gasteiger partial charge in [-0.15, -0.1) is 0 Å². The predicted octanol–water partition coefficient (Wildman–Crippen LogP) is 2.18. The first-order chi connectivity index (χ1) is 8.17. The number of ether oxygens (including phenoxy) is 1. The molecular formula is C13H23N3O. The van der Waals surface area contributed by atoms with Gasteiger partial charge < -0.3 is 10.5 Å². The fraction of sp³-hybridized carbons (Fsp3) is 0.692. The fourth-order valence-electron chi connectivity index (χ4n) is 1.78. The first-order valence-electron chi connectivity index (χ1n) is 6.27. The summed E-state index contributed by atoms with van der Waals surface area (Å²) in [6.45, 7) is 4.41. The molecule has 0 spiro atoms. The normalized spacial score (nSPS) is 14.4. The molecule has 0 saturated carbocycles. The number of unbranched alkanes of at least 4 members (excludes halogenated alkanes) is 1. The van der Waals surface area contributed by atoms with Crippen molar-refractivity contribution in [2.45, 2.75) is 45.6 Å². The summed E-state index contributed by atoms with van der Waals surface area (Å²) in [5.74, 6) is 1.12. The molecule has 0 fully saturated rings. The van der Waals surface area contributed by atoms with Crippen molar-refractivity contribution in [2.75, 3.05) is 7.11 Å². The van der Waals surface area contributed by atoms with Gasteiger partial charge in [-0.1, -0.05) is 26.7 Å². The van der Waals surface area contributed by atoms with Crippen LogP contribution in [-0.2, 0) is 6.42 Å². The zero-order valence-corrected chi connectivity index (χ0v) is 11.0. The van der Waals surface area contributed by atoms with Crippen LogP contribution in [0.3, 0.4) is 0 Å². The van der Waals surface area contributed by atoms with Crippen LogP contribution in [0.15, 0.2) is 12.4 Å². The van der Waals surface area contributed by atoms with Crippen LogP contribution >= 0.6 is 0 Å². The monoisotopic (exact) mass is 237 g/mol. The molecule has 0 aliphatic heterocycles. The summed E-state index contributed by atoms with van der Waals surface area (Å²) in [5, 5.41) is 0. The van der Waals surface area contributed by atoms with Gasteiger partial charge in [0.05, 0.1) is 7.11 Å². The van der Waals surface area contributed by atoms with Crippen molar-refractivity contribution in [3.8, 4) is 5.88 Å². The number of nitrogens with zero attached hydrogens (tertiary/aromatic N) is 2. The van der Waals surface area contributed by atoms with Gasteiger partial charge in [0.1, 0.15) is 6.33 Å². The lowest BCUT2D eigenvalue weighted by Gasteiger charge is -2.19. The molecule has 0 radical (unpaired) electrons. The predicted molar refractivity (Wildman–Crippen MR) is 69.0 cm³/mol. The molecule has 0 aliphatic rings. The SMILES string of the molecule is CCCCC(C)C(N)Cc1cc(OC)ncn1. The second kappa shape index (κ2) is 7.22. The molecule has 0 saturated heterocycles. The molecule has 2 N–H and O–H groups in total. The van der Waals surface area contributed by atoms with Gasteiger partial charge in [0.25, 0.3) is 0 Å². The van der Waals surface area contributed by atoms with E-state index in [1.54, 1.807) is 7.11 Å². The second-order valence-corrected chi connectivity index (χ2v) is 4.54. The Morgan fingerprint density at radius 3 is 2.82 bits per heavy atom. The van der Waals surface area contributed by atoms with E-state index < -0.39 is 0 Å². The van der Waals surface area contributed by atoms with Crippen LogP contribution in [0.25, 0.3) is 0 Å². The molecular weight excluding hydrogens is 214 g/mol. The topological polar surface area (TPSA) is 61.0 Å². The lowest BCUT2D eigenvalue weighted by Crippen LogP contribution is -2.30. The first-order valence-corrected chi connectivity index (χ1v) is 6.27. The highest BCUT2D eigenvalue weighted by atomic mass is 16.5. The van der Waals surface area contributed by atoms with Crippen molar-refractivity contribution in [1.82, 2.24) is 9.97 Å². The average molecular weight is 237 g/mol. The third-order valence-corrected chi connectivity index (χ3v) is 3.10. The number of rotatable bonds is 7. The molecule has 0 aliphatic carbocycles. The quantitative estimate of drug-likeness (QED) is 0.789. The van der Waals surface area contributed by atoms with Gasteiger partial charge in [-0.05, 0) is 12.3 Å². The molecule has 4 heteroatoms. The van der Waals surface area contributed by atoms with Crippen LogP contribution < -0.4 is 10.5 Å². The second-order valence-electron chi connectivity index (χ2n) is 4.54. The molecule has 1 rings (SSSR count). The summed E-state index contributed by atoms with van der Waals surface area (Å²) in [6.07, 6.45) is 5.95. The Morgan fingerprint density at radius 2 is 2.18 bits per heavy atom. The van der Waals surface area contributed by atoms with E-state index in [1.165, 1.54) is 25.6 Å². The number of hydrogen-bond acceptors (Lipinski definition) is 4. The van der Waals surface area contributed by atoms with Crippen LogP contribution in [0, 0.1) is 5.92 Å². The number of nitrogens with two attached hydrogens (primary N) is 1. The van der Waals surface area contributed by atoms with Crippen molar-refractivity contribution in [1.29, 1.82) is 0 Å². The molecule has 96 valence electrons. The standard InChI is InChI=1S/C13H23N3O/c1-4-5-6-10(2)12(14)7-11-8-13(17-3)16-9-15-11/h8-10,12H,4-7,14H2,1-3H3. The van der Waals surface area contributed by atoms with Crippen molar-refractivity contribution in [3.63, 3.8) is 0 Å². The third-order valence-electron chi connectivity index (χ3n) is 3.10. The zero-order valence-electron chi connectivity index (χ0n) is 11.0. The van der Waals surface area contributed by atoms with Gasteiger partial charge in [-0.3, -0.25) is 0 Å². The maximum absolute atomic E-state index is 6.18. The molecule has 17 heavy (non-hydrogen) atoms. The first kappa shape index (κ1) is 13.9. The Balaban J connectivity index is 2.51. The summed E-state index contributed by atoms with van der Waals surface area (Å²) in [6, 6.07) is 2.01. The molecule has 1 aromatic rings. The van der Waals surface area contributed by atoms with Gasteiger partial charge >= 0.3 is 0 Å². The minimum atomic E-state index is 0.154. The number of hydrogen-bond donors (Lipinski definition) is 1. The highest BCUT2D eigenvalue weighted by Crippen LogP contribution is 2.15. The van der Waals surface area contributed by atoms with E-state index in [1.807, 2.05) is 6.07 Å². The highest BCUT2D eigenvalue weighted by molar-refractivity contribution is 5.14. The van der Waals surface area contributed by atoms with Crippen LogP contribution in [0.2, 0.25) is 0 Å². The molecule has 2 unspecified atom stereocenters. The Bertz CT molecular complexity index is 330. The van der Waals surface area contributed by atoms with Crippen LogP contribution in [-0.4, -0.2) is 23.1 Å². The zero-order chi connectivity index (χ0) is 12.7. The van der Waals surface area contributed by atoms with Gasteiger partial charge in [0.15, 0.2) is 0 Å². The molecule has 4 nitrogen and oxygen atoms in total. The van der Waals surface area contributed by atoms with E-state index >= 15 is 0 Å². The molecule has 0 bridgehead atoms. The van der Waals surface area contributed by atoms with Crippen LogP contribution in [0.1, 0.15) is 38.8 Å². The van der Waals surface area contributed by atoms with E-state index in [0.717, 1.165) is 12.1 Å². The summed E-state index contributed by atoms with van der Waals surface area (Å²) >= 11 is 0. The van der Waals surface area contributed by atoms with Crippen LogP contribution in [0.4, 0.5) is 0 Å². The van der Waals surface area contributed by atoms with E-state index in [9.17, 15) is 0 Å². The molecule has 0 aromatic carbocycles. The average Bonchev–Trinajstić information content (AvgIpc) is 2.36. The Labute approximate surface area is 104 Å². The minimum Gasteiger partial charge on any atom is -0.481 e. The Kier molecular flexibility index (Phi) is 5.91. The minimum absolute atomic E-state index is 0.154. The van der Waals surface area contributed by atoms with Crippen molar-refractivity contribution in [2.24, 2.45) is 11.7 Å². The lowest BCUT2D eigenvalue weighted by molar-refractivity contribution is 0.390. The highest BCUT2D eigenvalue weighted by Gasteiger charge is 2.14. The largest absolute Gasteiger partial charge is 0.481 e. The van der Waals surface area contributed by atoms with E-state index in [0.29, 0.717) is 11.8 Å². The third kappa shape index (κ3) is 4.69. The van der Waals surface area contributed by atoms with Crippen molar-refractivity contribution in [3.05, 3.63) is 18.1 Å². The lowest BCUT2D eigenvalue weighted by atomic mass is 9.93. The smallest absolute Gasteiger partial charge is 0.216 e. The molecule has 1 aromatic heterocycles. The summed E-state index contributed by atoms with van der Waals surface area (Å²) in [5.41, 5.74) is 7.13. The molecule has 2 atom stereocenters. The Hall–Kier alpha value is -1.16. The van der Waals surface area contributed by atoms with Crippen molar-refractivity contribution >= 4 is 0 Å². The van der Waals surface area contributed by atoms with E-state index in [4.69, 9.17) is 10.5 Å². The molecule has 0 amide bonds.